The lowest BCUT2D eigenvalue weighted by molar-refractivity contribution is -0.139. The number of carbonyl (C=O) groups is 4. The van der Waals surface area contributed by atoms with Gasteiger partial charge in [0, 0.05) is 31.3 Å². The molecule has 0 aliphatic carbocycles. The van der Waals surface area contributed by atoms with Crippen LogP contribution in [0.25, 0.3) is 0 Å². The zero-order valence-corrected chi connectivity index (χ0v) is 23.4. The molecule has 0 saturated carbocycles. The smallest absolute Gasteiger partial charge is 0.413 e. The van der Waals surface area contributed by atoms with Crippen molar-refractivity contribution < 1.29 is 23.9 Å². The first-order valence-electron chi connectivity index (χ1n) is 13.1. The van der Waals surface area contributed by atoms with E-state index in [1.54, 1.807) is 37.7 Å². The minimum absolute atomic E-state index is 0.134. The van der Waals surface area contributed by atoms with Crippen LogP contribution < -0.4 is 10.6 Å². The van der Waals surface area contributed by atoms with E-state index >= 15 is 0 Å². The van der Waals surface area contributed by atoms with Crippen molar-refractivity contribution in [3.8, 4) is 0 Å². The van der Waals surface area contributed by atoms with Crippen LogP contribution >= 0.6 is 0 Å². The first kappa shape index (κ1) is 28.5. The summed E-state index contributed by atoms with van der Waals surface area (Å²) in [6.07, 6.45) is 3.17. The molecule has 1 fully saturated rings. The Kier molecular flexibility index (Phi) is 8.32. The van der Waals surface area contributed by atoms with Crippen molar-refractivity contribution >= 4 is 29.6 Å². The van der Waals surface area contributed by atoms with E-state index in [1.165, 1.54) is 11.1 Å². The van der Waals surface area contributed by atoms with Gasteiger partial charge in [-0.25, -0.2) is 9.78 Å². The van der Waals surface area contributed by atoms with Crippen LogP contribution in [0.4, 0.5) is 10.6 Å². The fourth-order valence-electron chi connectivity index (χ4n) is 4.35. The number of rotatable bonds is 8. The number of aryl methyl sites for hydroxylation is 2. The second-order valence-electron chi connectivity index (χ2n) is 10.8. The van der Waals surface area contributed by atoms with E-state index in [0.717, 1.165) is 22.3 Å². The summed E-state index contributed by atoms with van der Waals surface area (Å²) in [6, 6.07) is 9.35. The molecule has 0 radical (unpaired) electrons. The number of ether oxygens (including phenoxy) is 1. The van der Waals surface area contributed by atoms with Gasteiger partial charge in [-0.15, -0.1) is 0 Å². The highest BCUT2D eigenvalue weighted by molar-refractivity contribution is 6.01. The Bertz CT molecular complexity index is 1400. The Hall–Kier alpha value is -4.54. The van der Waals surface area contributed by atoms with Gasteiger partial charge in [-0.2, -0.15) is 5.10 Å². The summed E-state index contributed by atoms with van der Waals surface area (Å²) in [5, 5.41) is 9.86. The molecule has 4 amide bonds. The van der Waals surface area contributed by atoms with E-state index in [9.17, 15) is 19.2 Å². The lowest BCUT2D eigenvalue weighted by Crippen LogP contribution is -2.28. The summed E-state index contributed by atoms with van der Waals surface area (Å²) in [5.74, 6) is -0.154. The first-order chi connectivity index (χ1) is 18.9. The SMILES string of the molecule is Cc1cc(NC(=O)OC(C)(C)C)nc(C)c1CNC(=O)c1cnn(Cc2ccc(CN3C(=O)CCC3=O)cc2)c1. The van der Waals surface area contributed by atoms with Gasteiger partial charge in [0.2, 0.25) is 11.8 Å². The number of pyridine rings is 1. The quantitative estimate of drug-likeness (QED) is 0.410. The van der Waals surface area contributed by atoms with Crippen LogP contribution in [0, 0.1) is 13.8 Å². The number of nitrogens with zero attached hydrogens (tertiary/aromatic N) is 4. The van der Waals surface area contributed by atoms with Crippen molar-refractivity contribution in [2.45, 2.75) is 72.7 Å². The Labute approximate surface area is 232 Å². The number of carbonyl (C=O) groups excluding carboxylic acids is 4. The van der Waals surface area contributed by atoms with Crippen LogP contribution in [-0.2, 0) is 34.0 Å². The molecular weight excluding hydrogens is 512 g/mol. The first-order valence-corrected chi connectivity index (χ1v) is 13.1. The number of imide groups is 1. The minimum Gasteiger partial charge on any atom is -0.444 e. The summed E-state index contributed by atoms with van der Waals surface area (Å²) in [4.78, 5) is 54.3. The predicted molar refractivity (Wildman–Crippen MR) is 147 cm³/mol. The highest BCUT2D eigenvalue weighted by Crippen LogP contribution is 2.19. The van der Waals surface area contributed by atoms with E-state index in [4.69, 9.17) is 4.74 Å². The van der Waals surface area contributed by atoms with Gasteiger partial charge in [0.05, 0.1) is 24.8 Å². The van der Waals surface area contributed by atoms with Crippen LogP contribution in [0.5, 0.6) is 0 Å². The van der Waals surface area contributed by atoms with Gasteiger partial charge in [-0.3, -0.25) is 29.3 Å². The maximum Gasteiger partial charge on any atom is 0.413 e. The van der Waals surface area contributed by atoms with Crippen molar-refractivity contribution in [3.05, 3.63) is 76.2 Å². The largest absolute Gasteiger partial charge is 0.444 e. The molecule has 4 rings (SSSR count). The second kappa shape index (κ2) is 11.7. The molecule has 1 aromatic carbocycles. The second-order valence-corrected chi connectivity index (χ2v) is 10.8. The number of likely N-dealkylation sites (tertiary alicyclic amines) is 1. The molecule has 11 heteroatoms. The molecule has 0 bridgehead atoms. The van der Waals surface area contributed by atoms with Crippen molar-refractivity contribution in [3.63, 3.8) is 0 Å². The fraction of sp³-hybridized carbons (Fsp3) is 0.379. The molecule has 0 atom stereocenters. The summed E-state index contributed by atoms with van der Waals surface area (Å²) in [7, 11) is 0. The minimum atomic E-state index is -0.616. The van der Waals surface area contributed by atoms with Gasteiger partial charge < -0.3 is 10.1 Å². The average Bonchev–Trinajstić information content (AvgIpc) is 3.45. The summed E-state index contributed by atoms with van der Waals surface area (Å²) < 4.78 is 6.95. The molecule has 0 unspecified atom stereocenters. The molecule has 0 spiro atoms. The van der Waals surface area contributed by atoms with Gasteiger partial charge in [-0.05, 0) is 62.9 Å². The van der Waals surface area contributed by atoms with Gasteiger partial charge in [0.25, 0.3) is 5.91 Å². The van der Waals surface area contributed by atoms with Gasteiger partial charge in [0.1, 0.15) is 11.4 Å². The highest BCUT2D eigenvalue weighted by atomic mass is 16.6. The van der Waals surface area contributed by atoms with E-state index in [-0.39, 0.29) is 43.7 Å². The predicted octanol–water partition coefficient (Wildman–Crippen LogP) is 3.87. The molecule has 3 aromatic rings. The monoisotopic (exact) mass is 546 g/mol. The number of nitrogens with one attached hydrogen (secondary N) is 2. The summed E-state index contributed by atoms with van der Waals surface area (Å²) in [6.45, 7) is 10.1. The van der Waals surface area contributed by atoms with Crippen LogP contribution in [0.2, 0.25) is 0 Å². The Morgan fingerprint density at radius 1 is 1.00 bits per heavy atom. The third-order valence-corrected chi connectivity index (χ3v) is 6.37. The van der Waals surface area contributed by atoms with E-state index < -0.39 is 11.7 Å². The molecule has 2 N–H and O–H groups in total. The van der Waals surface area contributed by atoms with Crippen LogP contribution in [0.1, 0.15) is 71.9 Å². The molecule has 210 valence electrons. The zero-order chi connectivity index (χ0) is 29.0. The fourth-order valence-corrected chi connectivity index (χ4v) is 4.35. The summed E-state index contributed by atoms with van der Waals surface area (Å²) >= 11 is 0. The number of hydrogen-bond acceptors (Lipinski definition) is 7. The molecule has 1 aliphatic rings. The van der Waals surface area contributed by atoms with Crippen LogP contribution in [0.15, 0.2) is 42.7 Å². The van der Waals surface area contributed by atoms with Crippen molar-refractivity contribution in [2.24, 2.45) is 0 Å². The third kappa shape index (κ3) is 7.31. The lowest BCUT2D eigenvalue weighted by Gasteiger charge is -2.20. The van der Waals surface area contributed by atoms with E-state index in [1.807, 2.05) is 38.1 Å². The maximum absolute atomic E-state index is 12.8. The third-order valence-electron chi connectivity index (χ3n) is 6.37. The Morgan fingerprint density at radius 2 is 1.62 bits per heavy atom. The van der Waals surface area contributed by atoms with Crippen molar-refractivity contribution in [1.29, 1.82) is 0 Å². The maximum atomic E-state index is 12.8. The average molecular weight is 547 g/mol. The number of anilines is 1. The van der Waals surface area contributed by atoms with Crippen molar-refractivity contribution in [2.75, 3.05) is 5.32 Å². The van der Waals surface area contributed by atoms with Crippen LogP contribution in [-0.4, -0.2) is 49.1 Å². The van der Waals surface area contributed by atoms with E-state index in [0.29, 0.717) is 23.6 Å². The van der Waals surface area contributed by atoms with Gasteiger partial charge in [0.15, 0.2) is 0 Å². The van der Waals surface area contributed by atoms with Gasteiger partial charge >= 0.3 is 6.09 Å². The molecule has 1 saturated heterocycles. The van der Waals surface area contributed by atoms with E-state index in [2.05, 4.69) is 20.7 Å². The number of amides is 4. The number of hydrogen-bond donors (Lipinski definition) is 2. The standard InChI is InChI=1S/C29H34N6O5/c1-18-12-24(33-28(39)40-29(3,4)5)32-19(2)23(18)14-30-27(38)22-13-31-34(17-22)15-20-6-8-21(9-7-20)16-35-25(36)10-11-26(35)37/h6-9,12-13,17H,10-11,14-16H2,1-5H3,(H,30,38)(H,32,33,39). The molecular formula is C29H34N6O5. The van der Waals surface area contributed by atoms with Gasteiger partial charge in [-0.1, -0.05) is 24.3 Å². The topological polar surface area (TPSA) is 136 Å². The Balaban J connectivity index is 1.31. The molecule has 3 heterocycles. The molecule has 2 aromatic heterocycles. The molecule has 1 aliphatic heterocycles. The highest BCUT2D eigenvalue weighted by Gasteiger charge is 2.28. The molecule has 40 heavy (non-hydrogen) atoms. The summed E-state index contributed by atoms with van der Waals surface area (Å²) in [5.41, 5.74) is 4.06. The normalized spacial score (nSPS) is 13.5. The number of benzene rings is 1. The Morgan fingerprint density at radius 3 is 2.23 bits per heavy atom. The number of aromatic nitrogens is 3. The zero-order valence-electron chi connectivity index (χ0n) is 23.4. The van der Waals surface area contributed by atoms with Crippen molar-refractivity contribution in [1.82, 2.24) is 25.0 Å². The molecule has 11 nitrogen and oxygen atoms in total. The van der Waals surface area contributed by atoms with Crippen LogP contribution in [0.3, 0.4) is 0 Å². The lowest BCUT2D eigenvalue weighted by atomic mass is 10.1.